The predicted molar refractivity (Wildman–Crippen MR) is 63.1 cm³/mol. The zero-order valence-corrected chi connectivity index (χ0v) is 9.48. The maximum atomic E-state index is 11.9. The molecular formula is C12H10N4O2. The lowest BCUT2D eigenvalue weighted by Crippen LogP contribution is -2.32. The summed E-state index contributed by atoms with van der Waals surface area (Å²) in [5.74, 6) is -0.916. The van der Waals surface area contributed by atoms with Gasteiger partial charge in [0.1, 0.15) is 0 Å². The van der Waals surface area contributed by atoms with Crippen LogP contribution in [0.25, 0.3) is 0 Å². The first kappa shape index (κ1) is 10.6. The van der Waals surface area contributed by atoms with Crippen LogP contribution in [0.2, 0.25) is 0 Å². The number of Topliss-reactive ketones (excluding diaryl/α,β-unsaturated/α-hetero) is 1. The van der Waals surface area contributed by atoms with E-state index < -0.39 is 11.7 Å². The summed E-state index contributed by atoms with van der Waals surface area (Å²) in [4.78, 5) is 25.1. The summed E-state index contributed by atoms with van der Waals surface area (Å²) in [5.41, 5.74) is 1.15. The van der Waals surface area contributed by atoms with Crippen molar-refractivity contribution >= 4 is 17.4 Å². The molecule has 0 saturated heterocycles. The monoisotopic (exact) mass is 242 g/mol. The van der Waals surface area contributed by atoms with Gasteiger partial charge in [-0.3, -0.25) is 14.3 Å². The molecule has 1 aromatic carbocycles. The Balaban J connectivity index is 1.84. The first-order valence-electron chi connectivity index (χ1n) is 5.56. The molecule has 0 unspecified atom stereocenters. The molecule has 0 fully saturated rings. The molecule has 18 heavy (non-hydrogen) atoms. The smallest absolute Gasteiger partial charge is 0.299 e. The van der Waals surface area contributed by atoms with Crippen molar-refractivity contribution in [3.05, 3.63) is 42.2 Å². The molecule has 0 aliphatic carbocycles. The van der Waals surface area contributed by atoms with Crippen LogP contribution in [0.15, 0.2) is 36.7 Å². The molecule has 0 atom stereocenters. The topological polar surface area (TPSA) is 68.1 Å². The molecule has 3 rings (SSSR count). The quantitative estimate of drug-likeness (QED) is 0.735. The van der Waals surface area contributed by atoms with Crippen molar-refractivity contribution in [2.24, 2.45) is 0 Å². The van der Waals surface area contributed by atoms with E-state index in [2.05, 4.69) is 10.3 Å². The summed E-state index contributed by atoms with van der Waals surface area (Å²) < 4.78 is 1.62. The summed E-state index contributed by atoms with van der Waals surface area (Å²) in [6, 6.07) is 7.02. The van der Waals surface area contributed by atoms with Crippen LogP contribution in [0.4, 0.5) is 5.69 Å². The van der Waals surface area contributed by atoms with Gasteiger partial charge in [-0.2, -0.15) is 0 Å². The zero-order chi connectivity index (χ0) is 12.5. The van der Waals surface area contributed by atoms with E-state index in [0.29, 0.717) is 24.3 Å². The fourth-order valence-electron chi connectivity index (χ4n) is 2.02. The Kier molecular flexibility index (Phi) is 2.40. The van der Waals surface area contributed by atoms with E-state index >= 15 is 0 Å². The number of benzene rings is 1. The number of carbonyl (C=O) groups excluding carboxylic acids is 2. The Labute approximate surface area is 103 Å². The van der Waals surface area contributed by atoms with Crippen LogP contribution >= 0.6 is 0 Å². The lowest BCUT2D eigenvalue weighted by atomic mass is 10.1. The molecule has 6 nitrogen and oxygen atoms in total. The zero-order valence-electron chi connectivity index (χ0n) is 9.48. The lowest BCUT2D eigenvalue weighted by Gasteiger charge is -2.15. The number of amides is 1. The van der Waals surface area contributed by atoms with Gasteiger partial charge in [0.15, 0.2) is 0 Å². The van der Waals surface area contributed by atoms with Crippen LogP contribution in [-0.4, -0.2) is 33.2 Å². The lowest BCUT2D eigenvalue weighted by molar-refractivity contribution is -0.114. The molecule has 0 radical (unpaired) electrons. The van der Waals surface area contributed by atoms with Crippen molar-refractivity contribution < 1.29 is 9.59 Å². The van der Waals surface area contributed by atoms with Gasteiger partial charge in [0, 0.05) is 12.7 Å². The largest absolute Gasteiger partial charge is 0.303 e. The Morgan fingerprint density at radius 2 is 1.94 bits per heavy atom. The molecule has 90 valence electrons. The minimum Gasteiger partial charge on any atom is -0.303 e. The predicted octanol–water partition coefficient (Wildman–Crippen LogP) is 0.508. The van der Waals surface area contributed by atoms with Crippen LogP contribution < -0.4 is 4.90 Å². The number of ketones is 1. The normalized spacial score (nSPS) is 14.1. The Hall–Kier alpha value is -2.50. The van der Waals surface area contributed by atoms with Gasteiger partial charge in [-0.25, -0.2) is 0 Å². The minimum atomic E-state index is -0.476. The average Bonchev–Trinajstić information content (AvgIpc) is 2.98. The molecule has 1 aliphatic rings. The highest BCUT2D eigenvalue weighted by atomic mass is 16.2. The van der Waals surface area contributed by atoms with Gasteiger partial charge in [0.25, 0.3) is 11.7 Å². The highest BCUT2D eigenvalue weighted by Gasteiger charge is 2.34. The molecule has 1 aliphatic heterocycles. The Morgan fingerprint density at radius 1 is 1.11 bits per heavy atom. The maximum Gasteiger partial charge on any atom is 0.299 e. The fourth-order valence-corrected chi connectivity index (χ4v) is 2.02. The highest BCUT2D eigenvalue weighted by molar-refractivity contribution is 6.52. The number of nitrogens with zero attached hydrogens (tertiary/aromatic N) is 4. The standard InChI is InChI=1S/C12H10N4O2/c17-11-9-3-1-2-4-10(9)16(12(11)18)8-7-15-6-5-13-14-15/h1-6H,7-8H2. The van der Waals surface area contributed by atoms with Crippen molar-refractivity contribution in [2.45, 2.75) is 6.54 Å². The number of carbonyl (C=O) groups is 2. The third-order valence-electron chi connectivity index (χ3n) is 2.90. The second-order valence-electron chi connectivity index (χ2n) is 3.97. The van der Waals surface area contributed by atoms with Crippen LogP contribution in [0.3, 0.4) is 0 Å². The van der Waals surface area contributed by atoms with E-state index in [-0.39, 0.29) is 0 Å². The van der Waals surface area contributed by atoms with Gasteiger partial charge in [-0.05, 0) is 12.1 Å². The molecule has 1 aromatic heterocycles. The van der Waals surface area contributed by atoms with Crippen LogP contribution in [-0.2, 0) is 11.3 Å². The molecular weight excluding hydrogens is 232 g/mol. The van der Waals surface area contributed by atoms with Crippen molar-refractivity contribution in [3.8, 4) is 0 Å². The van der Waals surface area contributed by atoms with E-state index in [1.54, 1.807) is 35.3 Å². The molecule has 0 N–H and O–H groups in total. The Morgan fingerprint density at radius 3 is 2.72 bits per heavy atom. The summed E-state index contributed by atoms with van der Waals surface area (Å²) in [6.45, 7) is 0.915. The second-order valence-corrected chi connectivity index (χ2v) is 3.97. The van der Waals surface area contributed by atoms with Crippen molar-refractivity contribution in [1.82, 2.24) is 15.0 Å². The summed E-state index contributed by atoms with van der Waals surface area (Å²) in [5, 5.41) is 7.51. The van der Waals surface area contributed by atoms with Gasteiger partial charge >= 0.3 is 0 Å². The van der Waals surface area contributed by atoms with Gasteiger partial charge < -0.3 is 4.90 Å². The van der Waals surface area contributed by atoms with Crippen LogP contribution in [0.1, 0.15) is 10.4 Å². The van der Waals surface area contributed by atoms with E-state index in [4.69, 9.17) is 0 Å². The fraction of sp³-hybridized carbons (Fsp3) is 0.167. The van der Waals surface area contributed by atoms with Crippen molar-refractivity contribution in [3.63, 3.8) is 0 Å². The van der Waals surface area contributed by atoms with Gasteiger partial charge in [0.05, 0.1) is 24.0 Å². The maximum absolute atomic E-state index is 11.9. The van der Waals surface area contributed by atoms with E-state index in [9.17, 15) is 9.59 Å². The Bertz CT molecular complexity index is 606. The van der Waals surface area contributed by atoms with Crippen molar-refractivity contribution in [1.29, 1.82) is 0 Å². The SMILES string of the molecule is O=C1C(=O)N(CCn2ccnn2)c2ccccc21. The molecule has 2 heterocycles. The van der Waals surface area contributed by atoms with Gasteiger partial charge in [0.2, 0.25) is 0 Å². The molecule has 1 amide bonds. The molecule has 0 spiro atoms. The number of hydrogen-bond acceptors (Lipinski definition) is 4. The summed E-state index contributed by atoms with van der Waals surface area (Å²) in [7, 11) is 0. The first-order valence-corrected chi connectivity index (χ1v) is 5.56. The first-order chi connectivity index (χ1) is 8.77. The average molecular weight is 242 g/mol. The third-order valence-corrected chi connectivity index (χ3v) is 2.90. The number of anilines is 1. The second kappa shape index (κ2) is 4.06. The summed E-state index contributed by atoms with van der Waals surface area (Å²) in [6.07, 6.45) is 3.29. The van der Waals surface area contributed by atoms with Gasteiger partial charge in [-0.1, -0.05) is 17.3 Å². The number of para-hydroxylation sites is 1. The number of fused-ring (bicyclic) bond motifs is 1. The van der Waals surface area contributed by atoms with E-state index in [1.807, 2.05) is 6.07 Å². The van der Waals surface area contributed by atoms with Crippen LogP contribution in [0.5, 0.6) is 0 Å². The van der Waals surface area contributed by atoms with E-state index in [1.165, 1.54) is 4.90 Å². The minimum absolute atomic E-state index is 0.408. The van der Waals surface area contributed by atoms with Crippen molar-refractivity contribution in [2.75, 3.05) is 11.4 Å². The van der Waals surface area contributed by atoms with E-state index in [0.717, 1.165) is 0 Å². The molecule has 0 saturated carbocycles. The summed E-state index contributed by atoms with van der Waals surface area (Å²) >= 11 is 0. The van der Waals surface area contributed by atoms with Gasteiger partial charge in [-0.15, -0.1) is 5.10 Å². The number of rotatable bonds is 3. The molecule has 6 heteroatoms. The van der Waals surface area contributed by atoms with Crippen LogP contribution in [0, 0.1) is 0 Å². The molecule has 0 bridgehead atoms. The highest BCUT2D eigenvalue weighted by Crippen LogP contribution is 2.28. The third kappa shape index (κ3) is 1.58. The molecule has 2 aromatic rings. The number of hydrogen-bond donors (Lipinski definition) is 0. The number of aromatic nitrogens is 3.